The van der Waals surface area contributed by atoms with E-state index in [9.17, 15) is 12.8 Å². The van der Waals surface area contributed by atoms with Gasteiger partial charge in [0.15, 0.2) is 15.0 Å². The van der Waals surface area contributed by atoms with Gasteiger partial charge in [-0.2, -0.15) is 0 Å². The van der Waals surface area contributed by atoms with Crippen LogP contribution in [0.25, 0.3) is 11.3 Å². The van der Waals surface area contributed by atoms with Crippen molar-refractivity contribution in [2.24, 2.45) is 0 Å². The monoisotopic (exact) mass is 514 g/mol. The van der Waals surface area contributed by atoms with E-state index in [4.69, 9.17) is 11.6 Å². The summed E-state index contributed by atoms with van der Waals surface area (Å²) >= 11 is 10.7. The number of nitrogens with zero attached hydrogens (tertiary/aromatic N) is 2. The molecule has 0 spiro atoms. The summed E-state index contributed by atoms with van der Waals surface area (Å²) < 4.78 is 40.3. The van der Waals surface area contributed by atoms with Crippen LogP contribution in [-0.4, -0.2) is 31.7 Å². The van der Waals surface area contributed by atoms with Crippen molar-refractivity contribution in [3.05, 3.63) is 63.2 Å². The van der Waals surface area contributed by atoms with Gasteiger partial charge >= 0.3 is 0 Å². The van der Waals surface area contributed by atoms with Crippen LogP contribution in [0.4, 0.5) is 9.52 Å². The van der Waals surface area contributed by atoms with Gasteiger partial charge in [-0.15, -0.1) is 11.3 Å². The lowest BCUT2D eigenvalue weighted by atomic mass is 10.1. The molecule has 4 nitrogen and oxygen atoms in total. The van der Waals surface area contributed by atoms with Crippen LogP contribution in [0.15, 0.2) is 57.2 Å². The Morgan fingerprint density at radius 3 is 2.48 bits per heavy atom. The number of halogens is 3. The summed E-state index contributed by atoms with van der Waals surface area (Å²) in [4.78, 5) is 7.05. The smallest absolute Gasteiger partial charge is 0.185 e. The van der Waals surface area contributed by atoms with Crippen LogP contribution < -0.4 is 4.90 Å². The summed E-state index contributed by atoms with van der Waals surface area (Å²) in [5.74, 6) is -0.402. The Morgan fingerprint density at radius 1 is 1.14 bits per heavy atom. The van der Waals surface area contributed by atoms with Crippen LogP contribution in [0.5, 0.6) is 0 Å². The third-order valence-electron chi connectivity index (χ3n) is 4.94. The van der Waals surface area contributed by atoms with Gasteiger partial charge in [0.2, 0.25) is 0 Å². The number of anilines is 1. The minimum atomic E-state index is -3.35. The fourth-order valence-electron chi connectivity index (χ4n) is 3.42. The average Bonchev–Trinajstić information content (AvgIpc) is 3.18. The van der Waals surface area contributed by atoms with Gasteiger partial charge in [-0.1, -0.05) is 27.5 Å². The van der Waals surface area contributed by atoms with E-state index in [0.717, 1.165) is 9.60 Å². The molecule has 1 aromatic heterocycles. The minimum Gasteiger partial charge on any atom is -0.348 e. The molecule has 0 aliphatic carbocycles. The third-order valence-corrected chi connectivity index (χ3v) is 8.87. The van der Waals surface area contributed by atoms with Crippen molar-refractivity contribution in [1.82, 2.24) is 4.98 Å². The summed E-state index contributed by atoms with van der Waals surface area (Å²) in [6.07, 6.45) is 1.08. The summed E-state index contributed by atoms with van der Waals surface area (Å²) in [5.41, 5.74) is 1.29. The SMILES string of the molecule is O=S(=O)(c1ccc(Br)cc1)C1CCN(c2nc(-c3cc(F)cc(Cl)c3)cs2)CC1. The molecule has 29 heavy (non-hydrogen) atoms. The van der Waals surface area contributed by atoms with Crippen LogP contribution in [0.3, 0.4) is 0 Å². The Balaban J connectivity index is 1.46. The molecule has 0 radical (unpaired) electrons. The maximum absolute atomic E-state index is 13.6. The van der Waals surface area contributed by atoms with Crippen molar-refractivity contribution in [3.63, 3.8) is 0 Å². The molecule has 1 fully saturated rings. The molecule has 0 saturated carbocycles. The Morgan fingerprint density at radius 2 is 1.83 bits per heavy atom. The van der Waals surface area contributed by atoms with E-state index in [0.29, 0.717) is 47.1 Å². The topological polar surface area (TPSA) is 50.3 Å². The van der Waals surface area contributed by atoms with Crippen molar-refractivity contribution in [2.75, 3.05) is 18.0 Å². The number of aromatic nitrogens is 1. The molecule has 4 rings (SSSR count). The maximum atomic E-state index is 13.6. The van der Waals surface area contributed by atoms with E-state index in [1.165, 1.54) is 23.5 Å². The molecule has 2 aromatic carbocycles. The van der Waals surface area contributed by atoms with Crippen molar-refractivity contribution < 1.29 is 12.8 Å². The van der Waals surface area contributed by atoms with Crippen LogP contribution >= 0.6 is 38.9 Å². The molecular formula is C20H17BrClFN2O2S2. The van der Waals surface area contributed by atoms with Crippen LogP contribution in [0.2, 0.25) is 5.02 Å². The van der Waals surface area contributed by atoms with Crippen LogP contribution in [-0.2, 0) is 9.84 Å². The Labute approximate surface area is 186 Å². The second-order valence-corrected chi connectivity index (χ2v) is 11.3. The number of hydrogen-bond donors (Lipinski definition) is 0. The van der Waals surface area contributed by atoms with E-state index >= 15 is 0 Å². The predicted octanol–water partition coefficient (Wildman–Crippen LogP) is 5.81. The van der Waals surface area contributed by atoms with E-state index in [1.54, 1.807) is 30.3 Å². The molecule has 0 unspecified atom stereocenters. The molecule has 0 amide bonds. The van der Waals surface area contributed by atoms with Crippen LogP contribution in [0.1, 0.15) is 12.8 Å². The van der Waals surface area contributed by atoms with E-state index in [2.05, 4.69) is 25.8 Å². The van der Waals surface area contributed by atoms with E-state index in [1.807, 2.05) is 5.38 Å². The highest BCUT2D eigenvalue weighted by atomic mass is 79.9. The summed E-state index contributed by atoms with van der Waals surface area (Å²) in [5, 5.41) is 2.60. The second kappa shape index (κ2) is 8.34. The molecule has 152 valence electrons. The quantitative estimate of drug-likeness (QED) is 0.440. The van der Waals surface area contributed by atoms with Crippen LogP contribution in [0, 0.1) is 5.82 Å². The first kappa shape index (κ1) is 20.8. The van der Waals surface area contributed by atoms with Gasteiger partial charge in [-0.05, 0) is 55.3 Å². The second-order valence-electron chi connectivity index (χ2n) is 6.86. The fraction of sp³-hybridized carbons (Fsp3) is 0.250. The van der Waals surface area contributed by atoms with Crippen molar-refractivity contribution in [1.29, 1.82) is 0 Å². The Kier molecular flexibility index (Phi) is 5.97. The van der Waals surface area contributed by atoms with Gasteiger partial charge in [0.1, 0.15) is 5.82 Å². The number of sulfone groups is 1. The zero-order chi connectivity index (χ0) is 20.6. The molecule has 1 aliphatic rings. The van der Waals surface area contributed by atoms with Gasteiger partial charge in [0.25, 0.3) is 0 Å². The molecule has 0 atom stereocenters. The number of thiazole rings is 1. The highest BCUT2D eigenvalue weighted by Gasteiger charge is 2.32. The first-order chi connectivity index (χ1) is 13.8. The molecule has 1 aliphatic heterocycles. The number of benzene rings is 2. The third kappa shape index (κ3) is 4.50. The molecule has 9 heteroatoms. The summed E-state index contributed by atoms with van der Waals surface area (Å²) in [6, 6.07) is 11.1. The summed E-state index contributed by atoms with van der Waals surface area (Å²) in [6.45, 7) is 1.22. The van der Waals surface area contributed by atoms with E-state index in [-0.39, 0.29) is 0 Å². The van der Waals surface area contributed by atoms with Crippen molar-refractivity contribution >= 4 is 53.8 Å². The predicted molar refractivity (Wildman–Crippen MR) is 119 cm³/mol. The highest BCUT2D eigenvalue weighted by Crippen LogP contribution is 2.33. The standard InChI is InChI=1S/C20H17BrClFN2O2S2/c21-14-1-3-17(4-2-14)29(26,27)18-5-7-25(8-6-18)20-24-19(12-28-20)13-9-15(22)11-16(23)10-13/h1-4,9-12,18H,5-8H2. The molecule has 1 saturated heterocycles. The lowest BCUT2D eigenvalue weighted by Gasteiger charge is -2.31. The molecular weight excluding hydrogens is 499 g/mol. The first-order valence-corrected chi connectivity index (χ1v) is 12.6. The fourth-order valence-corrected chi connectivity index (χ4v) is 6.52. The Hall–Kier alpha value is -1.48. The molecule has 2 heterocycles. The van der Waals surface area contributed by atoms with Crippen molar-refractivity contribution in [3.8, 4) is 11.3 Å². The molecule has 0 bridgehead atoms. The van der Waals surface area contributed by atoms with Crippen molar-refractivity contribution in [2.45, 2.75) is 23.0 Å². The lowest BCUT2D eigenvalue weighted by molar-refractivity contribution is 0.529. The highest BCUT2D eigenvalue weighted by molar-refractivity contribution is 9.10. The average molecular weight is 516 g/mol. The Bertz CT molecular complexity index is 1110. The van der Waals surface area contributed by atoms with Gasteiger partial charge < -0.3 is 4.90 Å². The van der Waals surface area contributed by atoms with Gasteiger partial charge in [0.05, 0.1) is 15.8 Å². The zero-order valence-corrected chi connectivity index (χ0v) is 19.2. The van der Waals surface area contributed by atoms with Gasteiger partial charge in [0, 0.05) is 33.5 Å². The zero-order valence-electron chi connectivity index (χ0n) is 15.2. The maximum Gasteiger partial charge on any atom is 0.185 e. The number of hydrogen-bond acceptors (Lipinski definition) is 5. The minimum absolute atomic E-state index is 0.327. The number of piperidine rings is 1. The number of rotatable bonds is 4. The first-order valence-electron chi connectivity index (χ1n) is 8.99. The van der Waals surface area contributed by atoms with Gasteiger partial charge in [-0.25, -0.2) is 17.8 Å². The largest absolute Gasteiger partial charge is 0.348 e. The van der Waals surface area contributed by atoms with E-state index < -0.39 is 20.9 Å². The lowest BCUT2D eigenvalue weighted by Crippen LogP contribution is -2.39. The van der Waals surface area contributed by atoms with Gasteiger partial charge in [-0.3, -0.25) is 0 Å². The normalized spacial score (nSPS) is 15.6. The summed E-state index contributed by atoms with van der Waals surface area (Å²) in [7, 11) is -3.35. The molecule has 0 N–H and O–H groups in total. The molecule has 3 aromatic rings.